The van der Waals surface area contributed by atoms with Crippen LogP contribution in [0.5, 0.6) is 0 Å². The Bertz CT molecular complexity index is 351. The molecule has 17 heavy (non-hydrogen) atoms. The third kappa shape index (κ3) is 5.06. The van der Waals surface area contributed by atoms with Crippen molar-refractivity contribution in [2.24, 2.45) is 5.92 Å². The molecule has 1 aromatic heterocycles. The number of hydrogen-bond acceptors (Lipinski definition) is 3. The van der Waals surface area contributed by atoms with Gasteiger partial charge in [-0.1, -0.05) is 33.1 Å². The normalized spacial score (nSPS) is 12.3. The summed E-state index contributed by atoms with van der Waals surface area (Å²) in [6, 6.07) is 5.56. The van der Waals surface area contributed by atoms with Gasteiger partial charge in [0, 0.05) is 0 Å². The van der Waals surface area contributed by atoms with Crippen molar-refractivity contribution < 1.29 is 4.42 Å². The van der Waals surface area contributed by atoms with Crippen LogP contribution in [0.4, 0.5) is 0 Å². The number of furan rings is 1. The lowest BCUT2D eigenvalue weighted by molar-refractivity contribution is 0.400. The minimum Gasteiger partial charge on any atom is -0.449 e. The van der Waals surface area contributed by atoms with Crippen molar-refractivity contribution in [3.63, 3.8) is 0 Å². The molecule has 1 rings (SSSR count). The van der Waals surface area contributed by atoms with Crippen molar-refractivity contribution in [3.05, 3.63) is 23.7 Å². The van der Waals surface area contributed by atoms with Gasteiger partial charge < -0.3 is 9.73 Å². The van der Waals surface area contributed by atoms with E-state index in [-0.39, 0.29) is 0 Å². The van der Waals surface area contributed by atoms with Crippen LogP contribution in [-0.4, -0.2) is 6.54 Å². The molecule has 0 aliphatic rings. The first-order chi connectivity index (χ1) is 8.30. The molecule has 0 bridgehead atoms. The summed E-state index contributed by atoms with van der Waals surface area (Å²) in [6.45, 7) is 6.21. The predicted molar refractivity (Wildman–Crippen MR) is 68.4 cm³/mol. The van der Waals surface area contributed by atoms with Crippen LogP contribution in [0.2, 0.25) is 0 Å². The Morgan fingerprint density at radius 3 is 2.82 bits per heavy atom. The van der Waals surface area contributed by atoms with Gasteiger partial charge in [-0.15, -0.1) is 0 Å². The Morgan fingerprint density at radius 1 is 1.41 bits per heavy atom. The topological polar surface area (TPSA) is 49.0 Å². The summed E-state index contributed by atoms with van der Waals surface area (Å²) in [4.78, 5) is 0. The van der Waals surface area contributed by atoms with Gasteiger partial charge in [0.25, 0.3) is 0 Å². The Labute approximate surface area is 104 Å². The van der Waals surface area contributed by atoms with E-state index in [4.69, 9.17) is 9.68 Å². The fourth-order valence-corrected chi connectivity index (χ4v) is 1.88. The van der Waals surface area contributed by atoms with Gasteiger partial charge in [0.05, 0.1) is 6.54 Å². The average molecular weight is 234 g/mol. The third-order valence-electron chi connectivity index (χ3n) is 3.05. The van der Waals surface area contributed by atoms with Gasteiger partial charge in [-0.25, -0.2) is 0 Å². The van der Waals surface area contributed by atoms with Gasteiger partial charge in [-0.05, 0) is 31.0 Å². The molecule has 0 aliphatic carbocycles. The number of nitrogens with zero attached hydrogens (tertiary/aromatic N) is 1. The summed E-state index contributed by atoms with van der Waals surface area (Å²) in [7, 11) is 0. The number of unbranched alkanes of at least 4 members (excludes halogenated alkanes) is 1. The van der Waals surface area contributed by atoms with Gasteiger partial charge in [0.2, 0.25) is 5.76 Å². The monoisotopic (exact) mass is 234 g/mol. The zero-order chi connectivity index (χ0) is 12.5. The maximum atomic E-state index is 8.64. The van der Waals surface area contributed by atoms with Crippen LogP contribution < -0.4 is 5.32 Å². The highest BCUT2D eigenvalue weighted by atomic mass is 16.3. The summed E-state index contributed by atoms with van der Waals surface area (Å²) in [5, 5.41) is 12.0. The highest BCUT2D eigenvalue weighted by molar-refractivity contribution is 5.18. The van der Waals surface area contributed by atoms with Crippen molar-refractivity contribution in [2.75, 3.05) is 6.54 Å². The van der Waals surface area contributed by atoms with Gasteiger partial charge in [0.1, 0.15) is 11.8 Å². The maximum Gasteiger partial charge on any atom is 0.203 e. The molecule has 1 heterocycles. The van der Waals surface area contributed by atoms with E-state index in [0.717, 1.165) is 18.2 Å². The summed E-state index contributed by atoms with van der Waals surface area (Å²) < 4.78 is 5.31. The van der Waals surface area contributed by atoms with E-state index < -0.39 is 0 Å². The molecule has 3 nitrogen and oxygen atoms in total. The van der Waals surface area contributed by atoms with Gasteiger partial charge in [0.15, 0.2) is 0 Å². The average Bonchev–Trinajstić information content (AvgIpc) is 2.81. The molecule has 1 atom stereocenters. The number of nitriles is 1. The quantitative estimate of drug-likeness (QED) is 0.749. The fourth-order valence-electron chi connectivity index (χ4n) is 1.88. The summed E-state index contributed by atoms with van der Waals surface area (Å²) >= 11 is 0. The molecule has 1 N–H and O–H groups in total. The minimum absolute atomic E-state index is 0.389. The standard InChI is InChI=1S/C14H22N2O/c1-3-5-6-12(4-2)10-16-11-14-8-7-13(9-15)17-14/h7-8,12,16H,3-6,10-11H2,1-2H3. The van der Waals surface area contributed by atoms with Crippen molar-refractivity contribution in [2.45, 2.75) is 46.1 Å². The SMILES string of the molecule is CCCCC(CC)CNCc1ccc(C#N)o1. The molecule has 1 unspecified atom stereocenters. The van der Waals surface area contributed by atoms with Crippen molar-refractivity contribution in [1.29, 1.82) is 5.26 Å². The van der Waals surface area contributed by atoms with E-state index in [1.807, 2.05) is 12.1 Å². The van der Waals surface area contributed by atoms with E-state index >= 15 is 0 Å². The zero-order valence-corrected chi connectivity index (χ0v) is 10.8. The second kappa shape index (κ2) is 7.92. The lowest BCUT2D eigenvalue weighted by Crippen LogP contribution is -2.21. The number of rotatable bonds is 8. The molecule has 0 aromatic carbocycles. The second-order valence-corrected chi connectivity index (χ2v) is 4.43. The molecule has 0 saturated heterocycles. The Hall–Kier alpha value is -1.27. The molecule has 0 spiro atoms. The molecule has 0 aliphatic heterocycles. The second-order valence-electron chi connectivity index (χ2n) is 4.43. The Balaban J connectivity index is 2.24. The van der Waals surface area contributed by atoms with Crippen LogP contribution in [0, 0.1) is 17.2 Å². The van der Waals surface area contributed by atoms with Gasteiger partial charge >= 0.3 is 0 Å². The van der Waals surface area contributed by atoms with Crippen molar-refractivity contribution in [1.82, 2.24) is 5.32 Å². The molecule has 1 aromatic rings. The predicted octanol–water partition coefficient (Wildman–Crippen LogP) is 3.46. The number of nitrogens with one attached hydrogen (secondary N) is 1. The molecular weight excluding hydrogens is 212 g/mol. The van der Waals surface area contributed by atoms with Crippen LogP contribution >= 0.6 is 0 Å². The van der Waals surface area contributed by atoms with Gasteiger partial charge in [-0.2, -0.15) is 5.26 Å². The molecule has 3 heteroatoms. The highest BCUT2D eigenvalue weighted by Crippen LogP contribution is 2.12. The minimum atomic E-state index is 0.389. The zero-order valence-electron chi connectivity index (χ0n) is 10.8. The largest absolute Gasteiger partial charge is 0.449 e. The van der Waals surface area contributed by atoms with Crippen molar-refractivity contribution >= 4 is 0 Å². The summed E-state index contributed by atoms with van der Waals surface area (Å²) in [5.41, 5.74) is 0. The maximum absolute atomic E-state index is 8.64. The smallest absolute Gasteiger partial charge is 0.203 e. The van der Waals surface area contributed by atoms with E-state index in [0.29, 0.717) is 12.3 Å². The Morgan fingerprint density at radius 2 is 2.24 bits per heavy atom. The molecule has 0 saturated carbocycles. The van der Waals surface area contributed by atoms with Crippen molar-refractivity contribution in [3.8, 4) is 6.07 Å². The molecule has 0 fully saturated rings. The fraction of sp³-hybridized carbons (Fsp3) is 0.643. The molecule has 0 radical (unpaired) electrons. The summed E-state index contributed by atoms with van der Waals surface area (Å²) in [5.74, 6) is 1.98. The Kier molecular flexibility index (Phi) is 6.42. The first-order valence-electron chi connectivity index (χ1n) is 6.49. The lowest BCUT2D eigenvalue weighted by atomic mass is 9.99. The first kappa shape index (κ1) is 13.8. The molecular formula is C14H22N2O. The first-order valence-corrected chi connectivity index (χ1v) is 6.49. The van der Waals surface area contributed by atoms with E-state index in [9.17, 15) is 0 Å². The van der Waals surface area contributed by atoms with Crippen LogP contribution in [0.15, 0.2) is 16.5 Å². The summed E-state index contributed by atoms with van der Waals surface area (Å²) in [6.07, 6.45) is 5.08. The van der Waals surface area contributed by atoms with Gasteiger partial charge in [-0.3, -0.25) is 0 Å². The lowest BCUT2D eigenvalue weighted by Gasteiger charge is -2.14. The van der Waals surface area contributed by atoms with E-state index in [1.54, 1.807) is 6.07 Å². The number of hydrogen-bond donors (Lipinski definition) is 1. The van der Waals surface area contributed by atoms with Crippen LogP contribution in [0.1, 0.15) is 51.1 Å². The third-order valence-corrected chi connectivity index (χ3v) is 3.05. The highest BCUT2D eigenvalue weighted by Gasteiger charge is 2.06. The van der Waals surface area contributed by atoms with Crippen LogP contribution in [-0.2, 0) is 6.54 Å². The molecule has 94 valence electrons. The van der Waals surface area contributed by atoms with E-state index in [1.165, 1.54) is 25.7 Å². The van der Waals surface area contributed by atoms with E-state index in [2.05, 4.69) is 19.2 Å². The van der Waals surface area contributed by atoms with Crippen LogP contribution in [0.3, 0.4) is 0 Å². The molecule has 0 amide bonds. The van der Waals surface area contributed by atoms with Crippen LogP contribution in [0.25, 0.3) is 0 Å².